The van der Waals surface area contributed by atoms with Crippen LogP contribution in [0.3, 0.4) is 0 Å². The standard InChI is InChI=1S/C32H39N3O7S/c1-5-35-29-27(11-7-17-41-18-8-16-33-30(29)37)28(34-35)20-32(3,4)21-42-31(38)24-9-6-10-26(19-24)43(39,40)25-14-12-23(13-15-25)22(2)36/h6,9-10,12-15,19H,5,7-8,11,16-18,20-21H2,1-4H3,(H,33,37). The molecule has 1 aliphatic heterocycles. The normalized spacial score (nSPS) is 14.7. The Balaban J connectivity index is 1.49. The van der Waals surface area contributed by atoms with E-state index in [0.717, 1.165) is 24.1 Å². The van der Waals surface area contributed by atoms with Crippen LogP contribution in [0, 0.1) is 5.41 Å². The summed E-state index contributed by atoms with van der Waals surface area (Å²) in [6.07, 6.45) is 2.62. The van der Waals surface area contributed by atoms with Crippen molar-refractivity contribution in [2.45, 2.75) is 69.7 Å². The highest BCUT2D eigenvalue weighted by Gasteiger charge is 2.29. The first-order valence-electron chi connectivity index (χ1n) is 14.5. The molecule has 0 saturated heterocycles. The van der Waals surface area contributed by atoms with Crippen molar-refractivity contribution >= 4 is 27.5 Å². The number of amides is 1. The maximum Gasteiger partial charge on any atom is 0.338 e. The van der Waals surface area contributed by atoms with Gasteiger partial charge in [-0.15, -0.1) is 0 Å². The van der Waals surface area contributed by atoms with Crippen LogP contribution in [0.2, 0.25) is 0 Å². The first-order chi connectivity index (χ1) is 20.4. The SMILES string of the molecule is CCn1nc(CC(C)(C)COC(=O)c2cccc(S(=O)(=O)c3ccc(C(C)=O)cc3)c2)c2c1C(=O)NCCCOCCC2. The third-order valence-electron chi connectivity index (χ3n) is 7.31. The van der Waals surface area contributed by atoms with Crippen LogP contribution < -0.4 is 5.32 Å². The Hall–Kier alpha value is -3.83. The molecule has 43 heavy (non-hydrogen) atoms. The molecule has 0 unspecified atom stereocenters. The van der Waals surface area contributed by atoms with Crippen molar-refractivity contribution in [1.82, 2.24) is 15.1 Å². The number of carbonyl (C=O) groups is 3. The van der Waals surface area contributed by atoms with Gasteiger partial charge in [0.05, 0.1) is 27.7 Å². The van der Waals surface area contributed by atoms with Gasteiger partial charge in [0.25, 0.3) is 5.91 Å². The van der Waals surface area contributed by atoms with Crippen molar-refractivity contribution in [3.05, 3.63) is 76.6 Å². The van der Waals surface area contributed by atoms with E-state index in [1.165, 1.54) is 55.5 Å². The molecule has 1 N–H and O–H groups in total. The summed E-state index contributed by atoms with van der Waals surface area (Å²) in [6, 6.07) is 11.4. The van der Waals surface area contributed by atoms with Crippen LogP contribution in [-0.4, -0.2) is 62.2 Å². The van der Waals surface area contributed by atoms with Crippen molar-refractivity contribution in [2.24, 2.45) is 5.41 Å². The van der Waals surface area contributed by atoms with Crippen LogP contribution in [0.15, 0.2) is 58.3 Å². The smallest absolute Gasteiger partial charge is 0.338 e. The van der Waals surface area contributed by atoms with Gasteiger partial charge in [0.2, 0.25) is 9.84 Å². The molecule has 230 valence electrons. The molecule has 0 saturated carbocycles. The second-order valence-corrected chi connectivity index (χ2v) is 13.4. The number of hydrogen-bond acceptors (Lipinski definition) is 8. The number of rotatable bonds is 9. The monoisotopic (exact) mass is 609 g/mol. The second-order valence-electron chi connectivity index (χ2n) is 11.4. The number of ether oxygens (including phenoxy) is 2. The molecule has 2 aromatic carbocycles. The first-order valence-corrected chi connectivity index (χ1v) is 16.0. The predicted molar refractivity (Wildman–Crippen MR) is 160 cm³/mol. The van der Waals surface area contributed by atoms with Gasteiger partial charge in [0.1, 0.15) is 5.69 Å². The van der Waals surface area contributed by atoms with Crippen LogP contribution in [-0.2, 0) is 38.7 Å². The van der Waals surface area contributed by atoms with Gasteiger partial charge in [-0.1, -0.05) is 32.0 Å². The fourth-order valence-electron chi connectivity index (χ4n) is 4.99. The number of Topliss-reactive ketones (excluding diaryl/α,β-unsaturated/α-hetero) is 1. The molecule has 2 heterocycles. The van der Waals surface area contributed by atoms with Gasteiger partial charge in [0.15, 0.2) is 5.78 Å². The van der Waals surface area contributed by atoms with E-state index in [1.807, 2.05) is 20.8 Å². The van der Waals surface area contributed by atoms with Gasteiger partial charge in [-0.25, -0.2) is 13.2 Å². The first kappa shape index (κ1) is 32.1. The van der Waals surface area contributed by atoms with Crippen LogP contribution >= 0.6 is 0 Å². The molecule has 0 spiro atoms. The van der Waals surface area contributed by atoms with Crippen molar-refractivity contribution in [2.75, 3.05) is 26.4 Å². The van der Waals surface area contributed by atoms with Crippen LogP contribution in [0.4, 0.5) is 0 Å². The average molecular weight is 610 g/mol. The summed E-state index contributed by atoms with van der Waals surface area (Å²) in [6.45, 7) is 9.59. The summed E-state index contributed by atoms with van der Waals surface area (Å²) in [5.41, 5.74) is 2.23. The number of carbonyl (C=O) groups excluding carboxylic acids is 3. The second kappa shape index (κ2) is 13.6. The Bertz CT molecular complexity index is 1590. The molecule has 0 aliphatic carbocycles. The van der Waals surface area contributed by atoms with E-state index in [-0.39, 0.29) is 33.7 Å². The highest BCUT2D eigenvalue weighted by Crippen LogP contribution is 2.28. The van der Waals surface area contributed by atoms with E-state index in [0.29, 0.717) is 50.4 Å². The number of benzene rings is 2. The van der Waals surface area contributed by atoms with E-state index in [4.69, 9.17) is 14.6 Å². The average Bonchev–Trinajstić information content (AvgIpc) is 3.31. The Morgan fingerprint density at radius 2 is 1.77 bits per heavy atom. The highest BCUT2D eigenvalue weighted by atomic mass is 32.2. The van der Waals surface area contributed by atoms with Gasteiger partial charge >= 0.3 is 5.97 Å². The van der Waals surface area contributed by atoms with E-state index in [2.05, 4.69) is 5.32 Å². The van der Waals surface area contributed by atoms with E-state index >= 15 is 0 Å². The molecular formula is C32H39N3O7S. The zero-order chi connectivity index (χ0) is 31.2. The van der Waals surface area contributed by atoms with E-state index in [1.54, 1.807) is 4.68 Å². The van der Waals surface area contributed by atoms with E-state index < -0.39 is 21.2 Å². The lowest BCUT2D eigenvalue weighted by atomic mass is 9.86. The quantitative estimate of drug-likeness (QED) is 0.278. The Kier molecular flexibility index (Phi) is 10.2. The van der Waals surface area contributed by atoms with Crippen LogP contribution in [0.25, 0.3) is 0 Å². The minimum absolute atomic E-state index is 0.0210. The summed E-state index contributed by atoms with van der Waals surface area (Å²) in [5.74, 6) is -0.958. The van der Waals surface area contributed by atoms with Crippen molar-refractivity contribution in [3.8, 4) is 0 Å². The summed E-state index contributed by atoms with van der Waals surface area (Å²) in [5, 5.41) is 7.74. The lowest BCUT2D eigenvalue weighted by Gasteiger charge is -2.24. The molecule has 1 aromatic heterocycles. The van der Waals surface area contributed by atoms with Crippen LogP contribution in [0.1, 0.15) is 83.0 Å². The number of esters is 1. The Morgan fingerprint density at radius 3 is 2.47 bits per heavy atom. The molecule has 0 bridgehead atoms. The van der Waals surface area contributed by atoms with Crippen molar-refractivity contribution in [1.29, 1.82) is 0 Å². The third kappa shape index (κ3) is 7.77. The molecule has 0 fully saturated rings. The van der Waals surface area contributed by atoms with Crippen LogP contribution in [0.5, 0.6) is 0 Å². The number of aryl methyl sites for hydroxylation is 1. The third-order valence-corrected chi connectivity index (χ3v) is 9.07. The lowest BCUT2D eigenvalue weighted by Crippen LogP contribution is -2.28. The molecule has 1 amide bonds. The van der Waals surface area contributed by atoms with Crippen molar-refractivity contribution in [3.63, 3.8) is 0 Å². The van der Waals surface area contributed by atoms with E-state index in [9.17, 15) is 22.8 Å². The molecule has 10 nitrogen and oxygen atoms in total. The topological polar surface area (TPSA) is 134 Å². The highest BCUT2D eigenvalue weighted by molar-refractivity contribution is 7.91. The van der Waals surface area contributed by atoms with Gasteiger partial charge in [-0.3, -0.25) is 14.3 Å². The molecule has 1 aliphatic rings. The summed E-state index contributed by atoms with van der Waals surface area (Å²) < 4.78 is 39.5. The predicted octanol–water partition coefficient (Wildman–Crippen LogP) is 4.45. The number of hydrogen-bond donors (Lipinski definition) is 1. The maximum atomic E-state index is 13.2. The number of nitrogens with one attached hydrogen (secondary N) is 1. The fourth-order valence-corrected chi connectivity index (χ4v) is 6.30. The molecule has 3 aromatic rings. The largest absolute Gasteiger partial charge is 0.462 e. The van der Waals surface area contributed by atoms with Gasteiger partial charge in [-0.05, 0) is 63.4 Å². The molecule has 11 heteroatoms. The Labute approximate surface area is 252 Å². The number of aromatic nitrogens is 2. The van der Waals surface area contributed by atoms with Crippen molar-refractivity contribution < 1.29 is 32.3 Å². The molecule has 4 rings (SSSR count). The minimum atomic E-state index is -3.92. The maximum absolute atomic E-state index is 13.2. The molecular weight excluding hydrogens is 570 g/mol. The fraction of sp³-hybridized carbons (Fsp3) is 0.438. The summed E-state index contributed by atoms with van der Waals surface area (Å²) in [7, 11) is -3.92. The van der Waals surface area contributed by atoms with Gasteiger partial charge in [0, 0.05) is 49.3 Å². The number of nitrogens with zero attached hydrogens (tertiary/aromatic N) is 2. The Morgan fingerprint density at radius 1 is 1.05 bits per heavy atom. The number of sulfone groups is 1. The number of fused-ring (bicyclic) bond motifs is 1. The molecule has 0 radical (unpaired) electrons. The summed E-state index contributed by atoms with van der Waals surface area (Å²) >= 11 is 0. The zero-order valence-electron chi connectivity index (χ0n) is 25.1. The number of ketones is 1. The minimum Gasteiger partial charge on any atom is -0.462 e. The zero-order valence-corrected chi connectivity index (χ0v) is 26.0. The molecule has 0 atom stereocenters. The van der Waals surface area contributed by atoms with Gasteiger partial charge in [-0.2, -0.15) is 5.10 Å². The lowest BCUT2D eigenvalue weighted by molar-refractivity contribution is 0.0339. The van der Waals surface area contributed by atoms with Gasteiger partial charge < -0.3 is 14.8 Å². The summed E-state index contributed by atoms with van der Waals surface area (Å²) in [4.78, 5) is 37.6.